The fraction of sp³-hybridized carbons (Fsp3) is 0.500. The molecule has 0 amide bonds. The van der Waals surface area contributed by atoms with Crippen molar-refractivity contribution in [2.75, 3.05) is 6.54 Å². The average Bonchev–Trinajstić information content (AvgIpc) is 3.04. The topological polar surface area (TPSA) is 53.7 Å². The van der Waals surface area contributed by atoms with Gasteiger partial charge in [0.1, 0.15) is 11.5 Å². The summed E-state index contributed by atoms with van der Waals surface area (Å²) in [5.41, 5.74) is 2.51. The monoisotopic (exact) mass is 355 g/mol. The smallest absolute Gasteiger partial charge is 0.307 e. The van der Waals surface area contributed by atoms with Crippen molar-refractivity contribution < 1.29 is 14.3 Å². The van der Waals surface area contributed by atoms with E-state index in [2.05, 4.69) is 56.9 Å². The fourth-order valence-electron chi connectivity index (χ4n) is 3.55. The van der Waals surface area contributed by atoms with Gasteiger partial charge in [-0.25, -0.2) is 0 Å². The Morgan fingerprint density at radius 1 is 1.15 bits per heavy atom. The van der Waals surface area contributed by atoms with Gasteiger partial charge in [-0.15, -0.1) is 0 Å². The summed E-state index contributed by atoms with van der Waals surface area (Å²) in [7, 11) is 0. The first-order chi connectivity index (χ1) is 12.2. The highest BCUT2D eigenvalue weighted by Gasteiger charge is 2.30. The molecular weight excluding hydrogens is 326 g/mol. The van der Waals surface area contributed by atoms with Gasteiger partial charge in [0.05, 0.1) is 12.5 Å². The number of likely N-dealkylation sites (tertiary alicyclic amines) is 1. The molecule has 0 bridgehead atoms. The van der Waals surface area contributed by atoms with Crippen LogP contribution in [-0.2, 0) is 16.8 Å². The van der Waals surface area contributed by atoms with Gasteiger partial charge >= 0.3 is 5.97 Å². The molecule has 1 aromatic heterocycles. The average molecular weight is 355 g/mol. The third kappa shape index (κ3) is 4.18. The van der Waals surface area contributed by atoms with Crippen LogP contribution in [0.2, 0.25) is 0 Å². The van der Waals surface area contributed by atoms with E-state index >= 15 is 0 Å². The number of carboxylic acids is 1. The Morgan fingerprint density at radius 3 is 2.46 bits per heavy atom. The third-order valence-electron chi connectivity index (χ3n) is 5.42. The standard InChI is InChI=1S/C22H29NO3/c1-15-5-6-17(21(24)25)13-23(15)14-19-11-12-20(26-19)16-7-9-18(10-8-16)22(2,3)4/h7-12,15,17H,5-6,13-14H2,1-4H3,(H,24,25). The second-order valence-electron chi connectivity index (χ2n) is 8.48. The summed E-state index contributed by atoms with van der Waals surface area (Å²) >= 11 is 0. The fourth-order valence-corrected chi connectivity index (χ4v) is 3.55. The van der Waals surface area contributed by atoms with E-state index in [9.17, 15) is 9.90 Å². The van der Waals surface area contributed by atoms with Crippen molar-refractivity contribution in [1.29, 1.82) is 0 Å². The predicted octanol–water partition coefficient (Wildman–Crippen LogP) is 4.93. The largest absolute Gasteiger partial charge is 0.481 e. The molecular formula is C22H29NO3. The van der Waals surface area contributed by atoms with Crippen LogP contribution in [0.4, 0.5) is 0 Å². The van der Waals surface area contributed by atoms with Crippen LogP contribution in [0.25, 0.3) is 11.3 Å². The van der Waals surface area contributed by atoms with Gasteiger partial charge in [0.25, 0.3) is 0 Å². The molecule has 3 rings (SSSR count). The Morgan fingerprint density at radius 2 is 1.85 bits per heavy atom. The van der Waals surface area contributed by atoms with Crippen molar-refractivity contribution in [2.45, 2.75) is 58.5 Å². The second-order valence-corrected chi connectivity index (χ2v) is 8.48. The number of aliphatic carboxylic acids is 1. The van der Waals surface area contributed by atoms with Gasteiger partial charge in [0.15, 0.2) is 0 Å². The molecule has 2 unspecified atom stereocenters. The Bertz CT molecular complexity index is 754. The van der Waals surface area contributed by atoms with Crippen LogP contribution in [0.5, 0.6) is 0 Å². The molecule has 1 aliphatic heterocycles. The highest BCUT2D eigenvalue weighted by atomic mass is 16.4. The van der Waals surface area contributed by atoms with E-state index in [1.54, 1.807) is 0 Å². The summed E-state index contributed by atoms with van der Waals surface area (Å²) in [5.74, 6) is 0.782. The minimum atomic E-state index is -0.694. The maximum Gasteiger partial charge on any atom is 0.307 e. The molecule has 4 nitrogen and oxygen atoms in total. The molecule has 26 heavy (non-hydrogen) atoms. The first-order valence-corrected chi connectivity index (χ1v) is 9.40. The van der Waals surface area contributed by atoms with Crippen molar-refractivity contribution in [3.8, 4) is 11.3 Å². The second kappa shape index (κ2) is 7.28. The molecule has 0 saturated carbocycles. The van der Waals surface area contributed by atoms with Gasteiger partial charge in [-0.1, -0.05) is 45.0 Å². The summed E-state index contributed by atoms with van der Waals surface area (Å²) in [4.78, 5) is 13.5. The zero-order valence-electron chi connectivity index (χ0n) is 16.2. The molecule has 2 atom stereocenters. The number of carboxylic acid groups (broad SMARTS) is 1. The summed E-state index contributed by atoms with van der Waals surface area (Å²) in [6.45, 7) is 10.0. The molecule has 4 heteroatoms. The lowest BCUT2D eigenvalue weighted by Crippen LogP contribution is -2.43. The number of piperidine rings is 1. The molecule has 1 fully saturated rings. The Balaban J connectivity index is 1.70. The predicted molar refractivity (Wildman–Crippen MR) is 103 cm³/mol. The maximum absolute atomic E-state index is 11.3. The summed E-state index contributed by atoms with van der Waals surface area (Å²) < 4.78 is 6.05. The van der Waals surface area contributed by atoms with Crippen LogP contribution in [0.1, 0.15) is 51.9 Å². The van der Waals surface area contributed by atoms with Crippen molar-refractivity contribution >= 4 is 5.97 Å². The van der Waals surface area contributed by atoms with Crippen molar-refractivity contribution in [3.63, 3.8) is 0 Å². The number of nitrogens with zero attached hydrogens (tertiary/aromatic N) is 1. The number of hydrogen-bond acceptors (Lipinski definition) is 3. The van der Waals surface area contributed by atoms with E-state index in [0.29, 0.717) is 19.1 Å². The van der Waals surface area contributed by atoms with Gasteiger partial charge < -0.3 is 9.52 Å². The summed E-state index contributed by atoms with van der Waals surface area (Å²) in [6, 6.07) is 12.9. The molecule has 1 aromatic carbocycles. The molecule has 0 aliphatic carbocycles. The molecule has 2 heterocycles. The Kier molecular flexibility index (Phi) is 5.24. The lowest BCUT2D eigenvalue weighted by molar-refractivity contribution is -0.144. The van der Waals surface area contributed by atoms with Crippen molar-refractivity contribution in [1.82, 2.24) is 4.90 Å². The lowest BCUT2D eigenvalue weighted by Gasteiger charge is -2.35. The quantitative estimate of drug-likeness (QED) is 0.845. The first-order valence-electron chi connectivity index (χ1n) is 9.40. The normalized spacial score (nSPS) is 21.7. The van der Waals surface area contributed by atoms with E-state index in [0.717, 1.165) is 29.9 Å². The maximum atomic E-state index is 11.3. The zero-order valence-corrected chi connectivity index (χ0v) is 16.2. The molecule has 2 aromatic rings. The van der Waals surface area contributed by atoms with Crippen LogP contribution >= 0.6 is 0 Å². The first kappa shape index (κ1) is 18.7. The van der Waals surface area contributed by atoms with E-state index in [4.69, 9.17) is 4.42 Å². The molecule has 1 saturated heterocycles. The zero-order chi connectivity index (χ0) is 18.9. The summed E-state index contributed by atoms with van der Waals surface area (Å²) in [6.07, 6.45) is 1.68. The highest BCUT2D eigenvalue weighted by molar-refractivity contribution is 5.70. The third-order valence-corrected chi connectivity index (χ3v) is 5.42. The van der Waals surface area contributed by atoms with E-state index in [1.807, 2.05) is 12.1 Å². The van der Waals surface area contributed by atoms with E-state index in [1.165, 1.54) is 5.56 Å². The number of carbonyl (C=O) groups is 1. The van der Waals surface area contributed by atoms with E-state index < -0.39 is 5.97 Å². The minimum Gasteiger partial charge on any atom is -0.481 e. The van der Waals surface area contributed by atoms with Gasteiger partial charge in [0, 0.05) is 18.2 Å². The van der Waals surface area contributed by atoms with Crippen LogP contribution in [0.15, 0.2) is 40.8 Å². The summed E-state index contributed by atoms with van der Waals surface area (Å²) in [5, 5.41) is 9.29. The highest BCUT2D eigenvalue weighted by Crippen LogP contribution is 2.29. The molecule has 1 aliphatic rings. The molecule has 1 N–H and O–H groups in total. The number of hydrogen-bond donors (Lipinski definition) is 1. The van der Waals surface area contributed by atoms with Gasteiger partial charge in [-0.05, 0) is 42.9 Å². The molecule has 0 radical (unpaired) electrons. The van der Waals surface area contributed by atoms with Gasteiger partial charge in [-0.3, -0.25) is 9.69 Å². The SMILES string of the molecule is CC1CCC(C(=O)O)CN1Cc1ccc(-c2ccc(C(C)(C)C)cc2)o1. The lowest BCUT2D eigenvalue weighted by atomic mass is 9.86. The molecule has 0 spiro atoms. The number of benzene rings is 1. The van der Waals surface area contributed by atoms with Gasteiger partial charge in [-0.2, -0.15) is 0 Å². The van der Waals surface area contributed by atoms with Crippen molar-refractivity contribution in [2.24, 2.45) is 5.92 Å². The van der Waals surface area contributed by atoms with Crippen LogP contribution in [-0.4, -0.2) is 28.6 Å². The number of rotatable bonds is 4. The van der Waals surface area contributed by atoms with E-state index in [-0.39, 0.29) is 11.3 Å². The minimum absolute atomic E-state index is 0.137. The molecule has 140 valence electrons. The van der Waals surface area contributed by atoms with Crippen LogP contribution in [0.3, 0.4) is 0 Å². The van der Waals surface area contributed by atoms with Gasteiger partial charge in [0.2, 0.25) is 0 Å². The Hall–Kier alpha value is -2.07. The van der Waals surface area contributed by atoms with Crippen molar-refractivity contribution in [3.05, 3.63) is 47.7 Å². The number of furan rings is 1. The van der Waals surface area contributed by atoms with Crippen LogP contribution in [0, 0.1) is 5.92 Å². The van der Waals surface area contributed by atoms with Crippen LogP contribution < -0.4 is 0 Å². The Labute approximate surface area is 155 Å².